The smallest absolute Gasteiger partial charge is 0.410 e. The first-order valence-electron chi connectivity index (χ1n) is 8.46. The molecule has 0 radical (unpaired) electrons. The molecule has 1 aliphatic rings. The minimum atomic E-state index is -0.474. The van der Waals surface area contributed by atoms with Crippen molar-refractivity contribution in [2.45, 2.75) is 59.1 Å². The summed E-state index contributed by atoms with van der Waals surface area (Å²) in [6.45, 7) is 11.6. The van der Waals surface area contributed by atoms with Crippen molar-refractivity contribution in [2.75, 3.05) is 18.4 Å². The topological polar surface area (TPSA) is 54.5 Å². The van der Waals surface area contributed by atoms with Crippen LogP contribution in [0.15, 0.2) is 18.3 Å². The van der Waals surface area contributed by atoms with Crippen molar-refractivity contribution >= 4 is 11.9 Å². The third-order valence-electron chi connectivity index (χ3n) is 3.76. The standard InChI is InChI=1S/C18H29N3O2/c1-13(2)12-20-16-14(8-6-10-19-16)15-9-7-11-21(15)17(22)23-18(3,4)5/h6,8,10,13,15H,7,9,11-12H2,1-5H3,(H,19,20)/t15-/m1/s1. The van der Waals surface area contributed by atoms with Gasteiger partial charge in [-0.3, -0.25) is 0 Å². The fraction of sp³-hybridized carbons (Fsp3) is 0.667. The number of likely N-dealkylation sites (tertiary alicyclic amines) is 1. The first-order chi connectivity index (χ1) is 10.8. The summed E-state index contributed by atoms with van der Waals surface area (Å²) in [5.41, 5.74) is 0.606. The van der Waals surface area contributed by atoms with E-state index >= 15 is 0 Å². The van der Waals surface area contributed by atoms with Gasteiger partial charge in [0, 0.05) is 24.8 Å². The zero-order chi connectivity index (χ0) is 17.0. The normalized spacial score (nSPS) is 18.3. The van der Waals surface area contributed by atoms with Crippen LogP contribution >= 0.6 is 0 Å². The average molecular weight is 319 g/mol. The van der Waals surface area contributed by atoms with Crippen molar-refractivity contribution in [3.63, 3.8) is 0 Å². The van der Waals surface area contributed by atoms with Crippen molar-refractivity contribution in [3.05, 3.63) is 23.9 Å². The second kappa shape index (κ2) is 7.20. The quantitative estimate of drug-likeness (QED) is 0.902. The average Bonchev–Trinajstić information content (AvgIpc) is 2.93. The largest absolute Gasteiger partial charge is 0.444 e. The van der Waals surface area contributed by atoms with Crippen LogP contribution in [-0.2, 0) is 4.74 Å². The highest BCUT2D eigenvalue weighted by Gasteiger charge is 2.34. The molecule has 1 amide bonds. The van der Waals surface area contributed by atoms with E-state index in [0.29, 0.717) is 5.92 Å². The van der Waals surface area contributed by atoms with E-state index < -0.39 is 5.60 Å². The first-order valence-corrected chi connectivity index (χ1v) is 8.46. The highest BCUT2D eigenvalue weighted by molar-refractivity contribution is 5.70. The van der Waals surface area contributed by atoms with Gasteiger partial charge in [-0.15, -0.1) is 0 Å². The Morgan fingerprint density at radius 1 is 1.48 bits per heavy atom. The van der Waals surface area contributed by atoms with E-state index in [0.717, 1.165) is 37.3 Å². The van der Waals surface area contributed by atoms with Crippen LogP contribution in [0.1, 0.15) is 59.1 Å². The number of hydrogen-bond donors (Lipinski definition) is 1. The van der Waals surface area contributed by atoms with Gasteiger partial charge >= 0.3 is 6.09 Å². The molecule has 1 fully saturated rings. The summed E-state index contributed by atoms with van der Waals surface area (Å²) in [7, 11) is 0. The summed E-state index contributed by atoms with van der Waals surface area (Å²) >= 11 is 0. The number of nitrogens with one attached hydrogen (secondary N) is 1. The number of rotatable bonds is 4. The number of carbonyl (C=O) groups excluding carboxylic acids is 1. The van der Waals surface area contributed by atoms with Gasteiger partial charge in [0.25, 0.3) is 0 Å². The summed E-state index contributed by atoms with van der Waals surface area (Å²) in [6.07, 6.45) is 3.49. The third-order valence-corrected chi connectivity index (χ3v) is 3.76. The monoisotopic (exact) mass is 319 g/mol. The molecule has 5 heteroatoms. The molecule has 0 unspecified atom stereocenters. The van der Waals surface area contributed by atoms with Gasteiger partial charge in [-0.2, -0.15) is 0 Å². The van der Waals surface area contributed by atoms with Crippen LogP contribution in [0, 0.1) is 5.92 Å². The number of aromatic nitrogens is 1. The molecule has 0 aromatic carbocycles. The Morgan fingerprint density at radius 2 is 2.22 bits per heavy atom. The van der Waals surface area contributed by atoms with Gasteiger partial charge in [-0.25, -0.2) is 9.78 Å². The fourth-order valence-electron chi connectivity index (χ4n) is 2.76. The number of ether oxygens (including phenoxy) is 1. The number of pyridine rings is 1. The molecule has 23 heavy (non-hydrogen) atoms. The van der Waals surface area contributed by atoms with Gasteiger partial charge in [0.15, 0.2) is 0 Å². The Morgan fingerprint density at radius 3 is 2.87 bits per heavy atom. The third kappa shape index (κ3) is 4.85. The molecule has 0 saturated carbocycles. The molecule has 128 valence electrons. The molecular formula is C18H29N3O2. The molecular weight excluding hydrogens is 290 g/mol. The van der Waals surface area contributed by atoms with E-state index in [4.69, 9.17) is 4.74 Å². The Kier molecular flexibility index (Phi) is 5.50. The molecule has 0 spiro atoms. The lowest BCUT2D eigenvalue weighted by Crippen LogP contribution is -2.36. The molecule has 1 saturated heterocycles. The molecule has 0 aliphatic carbocycles. The zero-order valence-electron chi connectivity index (χ0n) is 14.9. The molecule has 2 heterocycles. The highest BCUT2D eigenvalue weighted by Crippen LogP contribution is 2.36. The summed E-state index contributed by atoms with van der Waals surface area (Å²) in [4.78, 5) is 18.8. The minimum Gasteiger partial charge on any atom is -0.444 e. The zero-order valence-corrected chi connectivity index (χ0v) is 14.9. The van der Waals surface area contributed by atoms with E-state index in [1.165, 1.54) is 0 Å². The minimum absolute atomic E-state index is 0.0354. The maximum atomic E-state index is 12.5. The Bertz CT molecular complexity index is 537. The van der Waals surface area contributed by atoms with Gasteiger partial charge in [0.1, 0.15) is 11.4 Å². The molecule has 1 aromatic heterocycles. The summed E-state index contributed by atoms with van der Waals surface area (Å²) in [5.74, 6) is 1.41. The second-order valence-corrected chi connectivity index (χ2v) is 7.55. The maximum absolute atomic E-state index is 12.5. The predicted molar refractivity (Wildman–Crippen MR) is 92.5 cm³/mol. The van der Waals surface area contributed by atoms with E-state index in [2.05, 4.69) is 30.2 Å². The lowest BCUT2D eigenvalue weighted by Gasteiger charge is -2.29. The van der Waals surface area contributed by atoms with Crippen molar-refractivity contribution in [3.8, 4) is 0 Å². The van der Waals surface area contributed by atoms with Crippen LogP contribution in [0.5, 0.6) is 0 Å². The number of nitrogens with zero attached hydrogens (tertiary/aromatic N) is 2. The number of amides is 1. The number of carbonyl (C=O) groups is 1. The van der Waals surface area contributed by atoms with Crippen LogP contribution in [0.2, 0.25) is 0 Å². The first kappa shape index (κ1) is 17.6. The van der Waals surface area contributed by atoms with Crippen molar-refractivity contribution in [2.24, 2.45) is 5.92 Å². The molecule has 5 nitrogen and oxygen atoms in total. The van der Waals surface area contributed by atoms with E-state index in [9.17, 15) is 4.79 Å². The lowest BCUT2D eigenvalue weighted by atomic mass is 10.1. The summed E-state index contributed by atoms with van der Waals surface area (Å²) in [6, 6.07) is 4.03. The van der Waals surface area contributed by atoms with Gasteiger partial charge in [-0.05, 0) is 45.6 Å². The van der Waals surface area contributed by atoms with E-state index in [1.807, 2.05) is 31.7 Å². The van der Waals surface area contributed by atoms with E-state index in [-0.39, 0.29) is 12.1 Å². The van der Waals surface area contributed by atoms with E-state index in [1.54, 1.807) is 6.20 Å². The van der Waals surface area contributed by atoms with Gasteiger partial charge < -0.3 is 15.0 Å². The van der Waals surface area contributed by atoms with Crippen molar-refractivity contribution in [1.82, 2.24) is 9.88 Å². The molecule has 2 rings (SSSR count). The molecule has 1 aliphatic heterocycles. The van der Waals surface area contributed by atoms with Crippen LogP contribution in [0.4, 0.5) is 10.6 Å². The van der Waals surface area contributed by atoms with Crippen molar-refractivity contribution in [1.29, 1.82) is 0 Å². The highest BCUT2D eigenvalue weighted by atomic mass is 16.6. The van der Waals surface area contributed by atoms with Crippen molar-refractivity contribution < 1.29 is 9.53 Å². The van der Waals surface area contributed by atoms with Crippen LogP contribution in [-0.4, -0.2) is 34.7 Å². The second-order valence-electron chi connectivity index (χ2n) is 7.55. The van der Waals surface area contributed by atoms with Gasteiger partial charge in [0.2, 0.25) is 0 Å². The SMILES string of the molecule is CC(C)CNc1ncccc1[C@H]1CCCN1C(=O)OC(C)(C)C. The molecule has 1 N–H and O–H groups in total. The Labute approximate surface area is 139 Å². The van der Waals surface area contributed by atoms with Crippen LogP contribution in [0.3, 0.4) is 0 Å². The van der Waals surface area contributed by atoms with Gasteiger partial charge in [0.05, 0.1) is 6.04 Å². The summed E-state index contributed by atoms with van der Waals surface area (Å²) < 4.78 is 5.56. The number of hydrogen-bond acceptors (Lipinski definition) is 4. The van der Waals surface area contributed by atoms with Gasteiger partial charge in [-0.1, -0.05) is 19.9 Å². The fourth-order valence-corrected chi connectivity index (χ4v) is 2.76. The van der Waals surface area contributed by atoms with Crippen LogP contribution < -0.4 is 5.32 Å². The molecule has 1 aromatic rings. The molecule has 1 atom stereocenters. The predicted octanol–water partition coefficient (Wildman–Crippen LogP) is 4.22. The lowest BCUT2D eigenvalue weighted by molar-refractivity contribution is 0.0225. The Balaban J connectivity index is 2.18. The summed E-state index contributed by atoms with van der Waals surface area (Å²) in [5, 5.41) is 3.41. The van der Waals surface area contributed by atoms with Crippen LogP contribution in [0.25, 0.3) is 0 Å². The molecule has 0 bridgehead atoms. The Hall–Kier alpha value is -1.78. The maximum Gasteiger partial charge on any atom is 0.410 e. The number of anilines is 1.